The molecule has 0 aromatic heterocycles. The fourth-order valence-electron chi connectivity index (χ4n) is 3.51. The van der Waals surface area contributed by atoms with Crippen LogP contribution in [-0.2, 0) is 10.7 Å². The number of likely N-dealkylation sites (tertiary alicyclic amines) is 1. The van der Waals surface area contributed by atoms with Gasteiger partial charge in [0.1, 0.15) is 5.82 Å². The van der Waals surface area contributed by atoms with E-state index < -0.39 is 58.5 Å². The third-order valence-corrected chi connectivity index (χ3v) is 5.58. The zero-order chi connectivity index (χ0) is 24.6. The third-order valence-electron chi connectivity index (χ3n) is 5.58. The summed E-state index contributed by atoms with van der Waals surface area (Å²) in [5.41, 5.74) is -3.49. The van der Waals surface area contributed by atoms with Crippen molar-refractivity contribution in [2.75, 3.05) is 25.0 Å². The Balaban J connectivity index is 1.83. The van der Waals surface area contributed by atoms with Crippen LogP contribution in [-0.4, -0.2) is 52.2 Å². The molecule has 178 valence electrons. The predicted molar refractivity (Wildman–Crippen MR) is 107 cm³/mol. The van der Waals surface area contributed by atoms with E-state index in [-0.39, 0.29) is 37.2 Å². The number of rotatable bonds is 5. The Morgan fingerprint density at radius 2 is 1.73 bits per heavy atom. The fraction of sp³-hybridized carbons (Fsp3) is 0.364. The minimum atomic E-state index is -4.33. The molecule has 0 radical (unpaired) electrons. The molecule has 1 aliphatic rings. The van der Waals surface area contributed by atoms with Crippen LogP contribution in [0.25, 0.3) is 0 Å². The van der Waals surface area contributed by atoms with Crippen molar-refractivity contribution in [1.82, 2.24) is 4.90 Å². The largest absolute Gasteiger partial charge is 0.393 e. The van der Waals surface area contributed by atoms with Crippen LogP contribution < -0.4 is 5.32 Å². The maximum atomic E-state index is 14.9. The van der Waals surface area contributed by atoms with Gasteiger partial charge in [0, 0.05) is 30.4 Å². The number of aliphatic hydroxyl groups is 2. The minimum Gasteiger partial charge on any atom is -0.393 e. The first-order valence-electron chi connectivity index (χ1n) is 9.95. The van der Waals surface area contributed by atoms with Crippen LogP contribution in [0.1, 0.15) is 34.3 Å². The van der Waals surface area contributed by atoms with Crippen molar-refractivity contribution in [3.63, 3.8) is 0 Å². The van der Waals surface area contributed by atoms with Crippen molar-refractivity contribution in [2.45, 2.75) is 31.3 Å². The van der Waals surface area contributed by atoms with Crippen LogP contribution in [0.3, 0.4) is 0 Å². The number of aryl methyl sites for hydroxylation is 1. The number of aliphatic hydroxyl groups excluding tert-OH is 1. The Bertz CT molecular complexity index is 1060. The lowest BCUT2D eigenvalue weighted by Crippen LogP contribution is -2.52. The Kier molecular flexibility index (Phi) is 6.75. The van der Waals surface area contributed by atoms with Crippen molar-refractivity contribution in [3.05, 3.63) is 64.5 Å². The molecule has 0 aliphatic carbocycles. The smallest absolute Gasteiger partial charge is 0.352 e. The molecular weight excluding hydrogens is 451 g/mol. The molecule has 0 saturated carbocycles. The van der Waals surface area contributed by atoms with E-state index in [1.54, 1.807) is 0 Å². The quantitative estimate of drug-likeness (QED) is 0.584. The lowest BCUT2D eigenvalue weighted by molar-refractivity contribution is -0.164. The number of anilines is 1. The minimum absolute atomic E-state index is 0.100. The van der Waals surface area contributed by atoms with Crippen LogP contribution >= 0.6 is 0 Å². The summed E-state index contributed by atoms with van der Waals surface area (Å²) in [5, 5.41) is 21.4. The SMILES string of the molecule is Cc1cc(NC(=O)c2ccc(F)c(C(F)(F)C(=O)N3CCC(O)(CO)CC3)c2)cc(F)c1F. The number of carbonyl (C=O) groups excluding carboxylic acids is 2. The number of halogens is 5. The van der Waals surface area contributed by atoms with Crippen molar-refractivity contribution in [2.24, 2.45) is 0 Å². The normalized spacial score (nSPS) is 15.9. The van der Waals surface area contributed by atoms with Gasteiger partial charge in [-0.05, 0) is 49.6 Å². The van der Waals surface area contributed by atoms with E-state index in [2.05, 4.69) is 5.32 Å². The highest BCUT2D eigenvalue weighted by molar-refractivity contribution is 6.04. The summed E-state index contributed by atoms with van der Waals surface area (Å²) >= 11 is 0. The van der Waals surface area contributed by atoms with E-state index in [0.717, 1.165) is 17.0 Å². The lowest BCUT2D eigenvalue weighted by atomic mass is 9.91. The molecule has 3 N–H and O–H groups in total. The van der Waals surface area contributed by atoms with Crippen molar-refractivity contribution < 1.29 is 41.8 Å². The molecule has 6 nitrogen and oxygen atoms in total. The predicted octanol–water partition coefficient (Wildman–Crippen LogP) is 3.10. The molecule has 2 amide bonds. The van der Waals surface area contributed by atoms with Crippen molar-refractivity contribution in [3.8, 4) is 0 Å². The molecule has 0 spiro atoms. The van der Waals surface area contributed by atoms with E-state index in [1.165, 1.54) is 6.92 Å². The van der Waals surface area contributed by atoms with Gasteiger partial charge in [0.2, 0.25) is 0 Å². The maximum absolute atomic E-state index is 14.9. The number of alkyl halides is 2. The molecule has 0 unspecified atom stereocenters. The number of carbonyl (C=O) groups is 2. The van der Waals surface area contributed by atoms with Gasteiger partial charge in [-0.25, -0.2) is 13.2 Å². The molecule has 33 heavy (non-hydrogen) atoms. The Morgan fingerprint density at radius 3 is 2.30 bits per heavy atom. The average molecular weight is 472 g/mol. The van der Waals surface area contributed by atoms with Gasteiger partial charge in [-0.2, -0.15) is 8.78 Å². The lowest BCUT2D eigenvalue weighted by Gasteiger charge is -2.38. The van der Waals surface area contributed by atoms with Crippen LogP contribution in [0.15, 0.2) is 30.3 Å². The summed E-state index contributed by atoms with van der Waals surface area (Å²) in [4.78, 5) is 25.6. The van der Waals surface area contributed by atoms with E-state index in [4.69, 9.17) is 5.11 Å². The van der Waals surface area contributed by atoms with Gasteiger partial charge in [-0.3, -0.25) is 9.59 Å². The van der Waals surface area contributed by atoms with Gasteiger partial charge in [0.25, 0.3) is 11.8 Å². The van der Waals surface area contributed by atoms with Crippen LogP contribution in [0.2, 0.25) is 0 Å². The van der Waals surface area contributed by atoms with Gasteiger partial charge in [-0.15, -0.1) is 0 Å². The molecule has 2 aromatic carbocycles. The number of benzene rings is 2. The summed E-state index contributed by atoms with van der Waals surface area (Å²) in [6, 6.07) is 3.85. The van der Waals surface area contributed by atoms with Gasteiger partial charge < -0.3 is 20.4 Å². The first-order chi connectivity index (χ1) is 15.4. The number of amides is 2. The second kappa shape index (κ2) is 9.06. The highest BCUT2D eigenvalue weighted by Crippen LogP contribution is 2.35. The fourth-order valence-corrected chi connectivity index (χ4v) is 3.51. The monoisotopic (exact) mass is 472 g/mol. The van der Waals surface area contributed by atoms with Crippen LogP contribution in [0, 0.1) is 24.4 Å². The Morgan fingerprint density at radius 1 is 1.09 bits per heavy atom. The number of nitrogens with one attached hydrogen (secondary N) is 1. The summed E-state index contributed by atoms with van der Waals surface area (Å²) in [5.74, 6) is -10.8. The molecular formula is C22H21F5N2O4. The molecule has 1 saturated heterocycles. The second-order valence-electron chi connectivity index (χ2n) is 7.99. The van der Waals surface area contributed by atoms with Gasteiger partial charge in [0.15, 0.2) is 11.6 Å². The third kappa shape index (κ3) is 4.98. The topological polar surface area (TPSA) is 89.9 Å². The van der Waals surface area contributed by atoms with Gasteiger partial charge >= 0.3 is 5.92 Å². The van der Waals surface area contributed by atoms with E-state index in [9.17, 15) is 36.6 Å². The molecule has 1 fully saturated rings. The van der Waals surface area contributed by atoms with Crippen molar-refractivity contribution in [1.29, 1.82) is 0 Å². The van der Waals surface area contributed by atoms with Crippen LogP contribution in [0.5, 0.6) is 0 Å². The number of hydrogen-bond donors (Lipinski definition) is 3. The average Bonchev–Trinajstić information content (AvgIpc) is 2.77. The number of hydrogen-bond acceptors (Lipinski definition) is 4. The molecule has 1 heterocycles. The zero-order valence-electron chi connectivity index (χ0n) is 17.5. The summed E-state index contributed by atoms with van der Waals surface area (Å²) in [7, 11) is 0. The zero-order valence-corrected chi connectivity index (χ0v) is 17.5. The Hall–Kier alpha value is -3.05. The Labute approximate surface area is 185 Å². The van der Waals surface area contributed by atoms with E-state index >= 15 is 0 Å². The second-order valence-corrected chi connectivity index (χ2v) is 7.99. The van der Waals surface area contributed by atoms with Gasteiger partial charge in [0.05, 0.1) is 17.8 Å². The maximum Gasteiger partial charge on any atom is 0.352 e. The van der Waals surface area contributed by atoms with Crippen molar-refractivity contribution >= 4 is 17.5 Å². The highest BCUT2D eigenvalue weighted by atomic mass is 19.3. The first-order valence-corrected chi connectivity index (χ1v) is 9.95. The van der Waals surface area contributed by atoms with Gasteiger partial charge in [-0.1, -0.05) is 0 Å². The summed E-state index contributed by atoms with van der Waals surface area (Å²) in [6.07, 6.45) is -0.270. The van der Waals surface area contributed by atoms with E-state index in [1.807, 2.05) is 0 Å². The molecule has 2 aromatic rings. The standard InChI is InChI=1S/C22H21F5N2O4/c1-12-8-14(10-17(24)18(12)25)28-19(31)13-2-3-16(23)15(9-13)22(26,27)20(32)29-6-4-21(33,11-30)5-7-29/h2-3,8-10,30,33H,4-7,11H2,1H3,(H,28,31). The highest BCUT2D eigenvalue weighted by Gasteiger charge is 2.48. The first kappa shape index (κ1) is 24.6. The molecule has 3 rings (SSSR count). The molecule has 11 heteroatoms. The summed E-state index contributed by atoms with van der Waals surface area (Å²) < 4.78 is 71.1. The number of nitrogens with zero attached hydrogens (tertiary/aromatic N) is 1. The summed E-state index contributed by atoms with van der Waals surface area (Å²) in [6.45, 7) is 0.123. The molecule has 0 bridgehead atoms. The molecule has 0 atom stereocenters. The molecule has 1 aliphatic heterocycles. The van der Waals surface area contributed by atoms with E-state index in [0.29, 0.717) is 18.2 Å². The number of piperidine rings is 1. The van der Waals surface area contributed by atoms with Crippen LogP contribution in [0.4, 0.5) is 27.6 Å².